The highest BCUT2D eigenvalue weighted by molar-refractivity contribution is 5.94. The van der Waals surface area contributed by atoms with E-state index in [0.29, 0.717) is 12.1 Å². The fourth-order valence-corrected chi connectivity index (χ4v) is 3.95. The summed E-state index contributed by atoms with van der Waals surface area (Å²) in [5.74, 6) is 0.0993. The monoisotopic (exact) mass is 374 g/mol. The SMILES string of the molecule is CC(=O)N(CCCN1CCOCC1)C1CCCN(C(=O)c2cccnc2)C1. The van der Waals surface area contributed by atoms with Gasteiger partial charge in [-0.15, -0.1) is 0 Å². The molecule has 0 aromatic carbocycles. The summed E-state index contributed by atoms with van der Waals surface area (Å²) in [5, 5.41) is 0. The number of rotatable bonds is 6. The van der Waals surface area contributed by atoms with E-state index in [9.17, 15) is 9.59 Å². The molecule has 1 atom stereocenters. The molecule has 7 nitrogen and oxygen atoms in total. The van der Waals surface area contributed by atoms with Crippen molar-refractivity contribution in [1.29, 1.82) is 0 Å². The Labute approximate surface area is 161 Å². The molecule has 148 valence electrons. The van der Waals surface area contributed by atoms with Gasteiger partial charge in [0.25, 0.3) is 5.91 Å². The van der Waals surface area contributed by atoms with Crippen molar-refractivity contribution in [2.45, 2.75) is 32.2 Å². The smallest absolute Gasteiger partial charge is 0.255 e. The molecule has 2 amide bonds. The third-order valence-corrected chi connectivity index (χ3v) is 5.41. The number of carbonyl (C=O) groups is 2. The number of carbonyl (C=O) groups excluding carboxylic acids is 2. The van der Waals surface area contributed by atoms with Crippen molar-refractivity contribution >= 4 is 11.8 Å². The van der Waals surface area contributed by atoms with Gasteiger partial charge in [-0.3, -0.25) is 19.5 Å². The third-order valence-electron chi connectivity index (χ3n) is 5.41. The van der Waals surface area contributed by atoms with E-state index >= 15 is 0 Å². The fourth-order valence-electron chi connectivity index (χ4n) is 3.95. The van der Waals surface area contributed by atoms with Crippen LogP contribution < -0.4 is 0 Å². The van der Waals surface area contributed by atoms with Crippen LogP contribution in [0, 0.1) is 0 Å². The topological polar surface area (TPSA) is 66.0 Å². The number of nitrogens with zero attached hydrogens (tertiary/aromatic N) is 4. The van der Waals surface area contributed by atoms with Crippen LogP contribution in [0.25, 0.3) is 0 Å². The molecule has 0 aliphatic carbocycles. The number of aromatic nitrogens is 1. The summed E-state index contributed by atoms with van der Waals surface area (Å²) in [6, 6.07) is 3.67. The largest absolute Gasteiger partial charge is 0.379 e. The Kier molecular flexibility index (Phi) is 7.18. The van der Waals surface area contributed by atoms with E-state index in [1.165, 1.54) is 0 Å². The second kappa shape index (κ2) is 9.80. The summed E-state index contributed by atoms with van der Waals surface area (Å²) in [4.78, 5) is 35.2. The summed E-state index contributed by atoms with van der Waals surface area (Å²) < 4.78 is 5.38. The number of ether oxygens (including phenoxy) is 1. The molecule has 2 aliphatic heterocycles. The van der Waals surface area contributed by atoms with E-state index in [1.54, 1.807) is 31.5 Å². The molecule has 7 heteroatoms. The van der Waals surface area contributed by atoms with Crippen LogP contribution in [0.2, 0.25) is 0 Å². The minimum Gasteiger partial charge on any atom is -0.379 e. The zero-order valence-electron chi connectivity index (χ0n) is 16.2. The molecule has 0 N–H and O–H groups in total. The number of hydrogen-bond acceptors (Lipinski definition) is 5. The van der Waals surface area contributed by atoms with Gasteiger partial charge in [-0.1, -0.05) is 0 Å². The van der Waals surface area contributed by atoms with Gasteiger partial charge in [0.05, 0.1) is 18.8 Å². The molecule has 3 rings (SSSR count). The average molecular weight is 374 g/mol. The van der Waals surface area contributed by atoms with Crippen LogP contribution in [-0.2, 0) is 9.53 Å². The average Bonchev–Trinajstić information content (AvgIpc) is 2.72. The first kappa shape index (κ1) is 19.8. The van der Waals surface area contributed by atoms with Crippen LogP contribution in [0.5, 0.6) is 0 Å². The summed E-state index contributed by atoms with van der Waals surface area (Å²) in [6.07, 6.45) is 6.10. The van der Waals surface area contributed by atoms with Crippen LogP contribution in [0.4, 0.5) is 0 Å². The molecule has 0 spiro atoms. The molecular weight excluding hydrogens is 344 g/mol. The van der Waals surface area contributed by atoms with E-state index < -0.39 is 0 Å². The minimum atomic E-state index is 0.00428. The molecule has 27 heavy (non-hydrogen) atoms. The summed E-state index contributed by atoms with van der Waals surface area (Å²) in [7, 11) is 0. The van der Waals surface area contributed by atoms with Crippen LogP contribution in [0.15, 0.2) is 24.5 Å². The van der Waals surface area contributed by atoms with Crippen molar-refractivity contribution < 1.29 is 14.3 Å². The zero-order valence-corrected chi connectivity index (χ0v) is 16.2. The highest BCUT2D eigenvalue weighted by Crippen LogP contribution is 2.19. The molecule has 2 aliphatic rings. The number of piperidine rings is 1. The number of likely N-dealkylation sites (tertiary alicyclic amines) is 1. The molecule has 1 aromatic rings. The van der Waals surface area contributed by atoms with Crippen molar-refractivity contribution in [2.24, 2.45) is 0 Å². The molecule has 3 heterocycles. The number of amides is 2. The van der Waals surface area contributed by atoms with Crippen molar-refractivity contribution in [3.8, 4) is 0 Å². The van der Waals surface area contributed by atoms with Crippen LogP contribution in [0.1, 0.15) is 36.5 Å². The Morgan fingerprint density at radius 3 is 2.81 bits per heavy atom. The maximum atomic E-state index is 12.7. The minimum absolute atomic E-state index is 0.00428. The molecule has 1 unspecified atom stereocenters. The Balaban J connectivity index is 1.54. The number of pyridine rings is 1. The maximum Gasteiger partial charge on any atom is 0.255 e. The van der Waals surface area contributed by atoms with Crippen molar-refractivity contribution in [2.75, 3.05) is 52.5 Å². The van der Waals surface area contributed by atoms with Gasteiger partial charge >= 0.3 is 0 Å². The van der Waals surface area contributed by atoms with Crippen molar-refractivity contribution in [3.05, 3.63) is 30.1 Å². The normalized spacial score (nSPS) is 21.1. The predicted molar refractivity (Wildman–Crippen MR) is 102 cm³/mol. The first-order valence-electron chi connectivity index (χ1n) is 9.92. The lowest BCUT2D eigenvalue weighted by atomic mass is 10.0. The van der Waals surface area contributed by atoms with Crippen LogP contribution in [0.3, 0.4) is 0 Å². The summed E-state index contributed by atoms with van der Waals surface area (Å²) in [6.45, 7) is 8.23. The lowest BCUT2D eigenvalue weighted by Crippen LogP contribution is -2.51. The van der Waals surface area contributed by atoms with Gasteiger partial charge in [0.2, 0.25) is 5.91 Å². The Hall–Kier alpha value is -1.99. The van der Waals surface area contributed by atoms with Gasteiger partial charge in [-0.2, -0.15) is 0 Å². The molecular formula is C20H30N4O3. The lowest BCUT2D eigenvalue weighted by Gasteiger charge is -2.39. The second-order valence-electron chi connectivity index (χ2n) is 7.31. The van der Waals surface area contributed by atoms with E-state index in [0.717, 1.165) is 65.2 Å². The quantitative estimate of drug-likeness (QED) is 0.750. The van der Waals surface area contributed by atoms with E-state index in [-0.39, 0.29) is 17.9 Å². The molecule has 0 radical (unpaired) electrons. The van der Waals surface area contributed by atoms with E-state index in [1.807, 2.05) is 9.80 Å². The van der Waals surface area contributed by atoms with Gasteiger partial charge in [0.15, 0.2) is 0 Å². The van der Waals surface area contributed by atoms with Gasteiger partial charge < -0.3 is 14.5 Å². The van der Waals surface area contributed by atoms with Gasteiger partial charge in [-0.05, 0) is 31.4 Å². The second-order valence-corrected chi connectivity index (χ2v) is 7.31. The fraction of sp³-hybridized carbons (Fsp3) is 0.650. The predicted octanol–water partition coefficient (Wildman–Crippen LogP) is 1.26. The third kappa shape index (κ3) is 5.49. The molecule has 2 fully saturated rings. The van der Waals surface area contributed by atoms with Gasteiger partial charge in [-0.25, -0.2) is 0 Å². The Morgan fingerprint density at radius 2 is 2.11 bits per heavy atom. The first-order valence-corrected chi connectivity index (χ1v) is 9.92. The zero-order chi connectivity index (χ0) is 19.1. The molecule has 0 saturated carbocycles. The highest BCUT2D eigenvalue weighted by Gasteiger charge is 2.29. The van der Waals surface area contributed by atoms with Gasteiger partial charge in [0.1, 0.15) is 0 Å². The van der Waals surface area contributed by atoms with Crippen molar-refractivity contribution in [3.63, 3.8) is 0 Å². The molecule has 0 bridgehead atoms. The van der Waals surface area contributed by atoms with Gasteiger partial charge in [0, 0.05) is 64.6 Å². The number of morpholine rings is 1. The Bertz CT molecular complexity index is 619. The maximum absolute atomic E-state index is 12.7. The van der Waals surface area contributed by atoms with Crippen LogP contribution in [-0.4, -0.2) is 90.0 Å². The summed E-state index contributed by atoms with van der Waals surface area (Å²) >= 11 is 0. The number of hydrogen-bond donors (Lipinski definition) is 0. The van der Waals surface area contributed by atoms with E-state index in [4.69, 9.17) is 4.74 Å². The standard InChI is InChI=1S/C20H30N4O3/c1-17(25)24(10-4-8-22-11-13-27-14-12-22)19-6-3-9-23(16-19)20(26)18-5-2-7-21-15-18/h2,5,7,15,19H,3-4,6,8-14,16H2,1H3. The van der Waals surface area contributed by atoms with E-state index in [2.05, 4.69) is 9.88 Å². The molecule has 1 aromatic heterocycles. The Morgan fingerprint density at radius 1 is 1.30 bits per heavy atom. The van der Waals surface area contributed by atoms with Crippen LogP contribution >= 0.6 is 0 Å². The lowest BCUT2D eigenvalue weighted by molar-refractivity contribution is -0.132. The summed E-state index contributed by atoms with van der Waals surface area (Å²) in [5.41, 5.74) is 0.611. The highest BCUT2D eigenvalue weighted by atomic mass is 16.5. The molecule has 2 saturated heterocycles. The first-order chi connectivity index (χ1) is 13.1. The van der Waals surface area contributed by atoms with Crippen molar-refractivity contribution in [1.82, 2.24) is 19.7 Å².